The smallest absolute Gasteiger partial charge is 0.0675 e. The Labute approximate surface area is 82.5 Å². The molecule has 0 amide bonds. The molecule has 0 spiro atoms. The molecule has 0 aromatic heterocycles. The van der Waals surface area contributed by atoms with Crippen LogP contribution < -0.4 is 0 Å². The van der Waals surface area contributed by atoms with Crippen LogP contribution in [0.2, 0.25) is 0 Å². The molecule has 1 heteroatoms. The predicted molar refractivity (Wildman–Crippen MR) is 56.7 cm³/mol. The van der Waals surface area contributed by atoms with Crippen LogP contribution in [0.1, 0.15) is 59.3 Å². The standard InChI is InChI=1S/C12H24O/c1-4-12(13,9-10(2)3)11-7-5-6-8-11/h10-11,13H,4-9H2,1-3H3. The number of hydrogen-bond donors (Lipinski definition) is 1. The van der Waals surface area contributed by atoms with Gasteiger partial charge in [-0.1, -0.05) is 33.6 Å². The fourth-order valence-corrected chi connectivity index (χ4v) is 2.77. The van der Waals surface area contributed by atoms with Gasteiger partial charge in [0.05, 0.1) is 5.60 Å². The number of rotatable bonds is 4. The average molecular weight is 184 g/mol. The molecule has 1 N–H and O–H groups in total. The minimum Gasteiger partial charge on any atom is -0.390 e. The van der Waals surface area contributed by atoms with Crippen LogP contribution in [0.4, 0.5) is 0 Å². The van der Waals surface area contributed by atoms with Gasteiger partial charge in [-0.05, 0) is 37.5 Å². The van der Waals surface area contributed by atoms with Crippen molar-refractivity contribution in [3.05, 3.63) is 0 Å². The molecule has 0 heterocycles. The van der Waals surface area contributed by atoms with E-state index in [1.807, 2.05) is 0 Å². The second-order valence-electron chi connectivity index (χ2n) is 5.04. The summed E-state index contributed by atoms with van der Waals surface area (Å²) in [6, 6.07) is 0. The largest absolute Gasteiger partial charge is 0.390 e. The average Bonchev–Trinajstić information content (AvgIpc) is 2.55. The summed E-state index contributed by atoms with van der Waals surface area (Å²) < 4.78 is 0. The van der Waals surface area contributed by atoms with Crippen molar-refractivity contribution in [2.75, 3.05) is 0 Å². The molecule has 1 fully saturated rings. The van der Waals surface area contributed by atoms with Crippen LogP contribution in [0.15, 0.2) is 0 Å². The summed E-state index contributed by atoms with van der Waals surface area (Å²) in [6.45, 7) is 6.53. The van der Waals surface area contributed by atoms with Gasteiger partial charge in [0.25, 0.3) is 0 Å². The van der Waals surface area contributed by atoms with Crippen molar-refractivity contribution in [2.24, 2.45) is 11.8 Å². The first-order valence-electron chi connectivity index (χ1n) is 5.81. The van der Waals surface area contributed by atoms with Gasteiger partial charge in [-0.15, -0.1) is 0 Å². The highest BCUT2D eigenvalue weighted by molar-refractivity contribution is 4.88. The van der Waals surface area contributed by atoms with E-state index >= 15 is 0 Å². The van der Waals surface area contributed by atoms with Crippen LogP contribution in [-0.2, 0) is 0 Å². The number of hydrogen-bond acceptors (Lipinski definition) is 1. The zero-order chi connectivity index (χ0) is 9.90. The SMILES string of the molecule is CCC(O)(CC(C)C)C1CCCC1. The van der Waals surface area contributed by atoms with E-state index in [1.165, 1.54) is 25.7 Å². The Morgan fingerprint density at radius 1 is 1.31 bits per heavy atom. The van der Waals surface area contributed by atoms with E-state index in [1.54, 1.807) is 0 Å². The van der Waals surface area contributed by atoms with Gasteiger partial charge < -0.3 is 5.11 Å². The molecular formula is C12H24O. The van der Waals surface area contributed by atoms with Crippen molar-refractivity contribution >= 4 is 0 Å². The van der Waals surface area contributed by atoms with Crippen LogP contribution in [0, 0.1) is 11.8 Å². The quantitative estimate of drug-likeness (QED) is 0.710. The maximum absolute atomic E-state index is 10.5. The molecule has 0 saturated heterocycles. The first-order valence-corrected chi connectivity index (χ1v) is 5.81. The fourth-order valence-electron chi connectivity index (χ4n) is 2.77. The fraction of sp³-hybridized carbons (Fsp3) is 1.00. The zero-order valence-electron chi connectivity index (χ0n) is 9.34. The summed E-state index contributed by atoms with van der Waals surface area (Å²) in [5.74, 6) is 1.20. The van der Waals surface area contributed by atoms with Crippen molar-refractivity contribution in [2.45, 2.75) is 64.9 Å². The molecule has 13 heavy (non-hydrogen) atoms. The third-order valence-corrected chi connectivity index (χ3v) is 3.49. The van der Waals surface area contributed by atoms with Crippen molar-refractivity contribution in [3.63, 3.8) is 0 Å². The number of aliphatic hydroxyl groups is 1. The highest BCUT2D eigenvalue weighted by Gasteiger charge is 2.36. The van der Waals surface area contributed by atoms with Gasteiger partial charge >= 0.3 is 0 Å². The Morgan fingerprint density at radius 3 is 2.23 bits per heavy atom. The summed E-state index contributed by atoms with van der Waals surface area (Å²) in [5, 5.41) is 10.5. The van der Waals surface area contributed by atoms with Gasteiger partial charge in [-0.3, -0.25) is 0 Å². The van der Waals surface area contributed by atoms with Gasteiger partial charge in [0.1, 0.15) is 0 Å². The highest BCUT2D eigenvalue weighted by Crippen LogP contribution is 2.39. The molecule has 1 nitrogen and oxygen atoms in total. The summed E-state index contributed by atoms with van der Waals surface area (Å²) in [5.41, 5.74) is -0.356. The Kier molecular flexibility index (Phi) is 3.78. The third kappa shape index (κ3) is 2.70. The van der Waals surface area contributed by atoms with Gasteiger partial charge in [-0.2, -0.15) is 0 Å². The lowest BCUT2D eigenvalue weighted by Gasteiger charge is -2.34. The van der Waals surface area contributed by atoms with E-state index in [-0.39, 0.29) is 5.60 Å². The molecule has 1 aliphatic rings. The maximum Gasteiger partial charge on any atom is 0.0675 e. The van der Waals surface area contributed by atoms with Gasteiger partial charge in [0, 0.05) is 0 Å². The van der Waals surface area contributed by atoms with Crippen LogP contribution >= 0.6 is 0 Å². The van der Waals surface area contributed by atoms with Gasteiger partial charge in [0.15, 0.2) is 0 Å². The second kappa shape index (κ2) is 4.45. The zero-order valence-corrected chi connectivity index (χ0v) is 9.34. The van der Waals surface area contributed by atoms with Crippen LogP contribution in [-0.4, -0.2) is 10.7 Å². The molecule has 1 unspecified atom stereocenters. The van der Waals surface area contributed by atoms with Crippen molar-refractivity contribution in [1.82, 2.24) is 0 Å². The highest BCUT2D eigenvalue weighted by atomic mass is 16.3. The van der Waals surface area contributed by atoms with E-state index in [9.17, 15) is 5.11 Å². The molecule has 1 aliphatic carbocycles. The van der Waals surface area contributed by atoms with Crippen LogP contribution in [0.25, 0.3) is 0 Å². The lowest BCUT2D eigenvalue weighted by Crippen LogP contribution is -2.37. The maximum atomic E-state index is 10.5. The molecule has 0 aromatic carbocycles. The minimum atomic E-state index is -0.356. The first kappa shape index (κ1) is 11.0. The monoisotopic (exact) mass is 184 g/mol. The molecule has 0 aliphatic heterocycles. The van der Waals surface area contributed by atoms with E-state index in [0.29, 0.717) is 11.8 Å². The lowest BCUT2D eigenvalue weighted by molar-refractivity contribution is -0.0371. The van der Waals surface area contributed by atoms with Gasteiger partial charge in [-0.25, -0.2) is 0 Å². The van der Waals surface area contributed by atoms with E-state index in [2.05, 4.69) is 20.8 Å². The normalized spacial score (nSPS) is 23.8. The summed E-state index contributed by atoms with van der Waals surface area (Å²) in [7, 11) is 0. The first-order chi connectivity index (χ1) is 6.08. The molecule has 1 rings (SSSR count). The molecule has 1 atom stereocenters. The Bertz CT molecular complexity index is 147. The summed E-state index contributed by atoms with van der Waals surface area (Å²) >= 11 is 0. The Balaban J connectivity index is 2.55. The van der Waals surface area contributed by atoms with E-state index < -0.39 is 0 Å². The topological polar surface area (TPSA) is 20.2 Å². The molecule has 78 valence electrons. The van der Waals surface area contributed by atoms with Crippen molar-refractivity contribution in [3.8, 4) is 0 Å². The summed E-state index contributed by atoms with van der Waals surface area (Å²) in [6.07, 6.45) is 7.05. The molecule has 0 aromatic rings. The minimum absolute atomic E-state index is 0.356. The van der Waals surface area contributed by atoms with Gasteiger partial charge in [0.2, 0.25) is 0 Å². The van der Waals surface area contributed by atoms with E-state index in [4.69, 9.17) is 0 Å². The summed E-state index contributed by atoms with van der Waals surface area (Å²) in [4.78, 5) is 0. The molecular weight excluding hydrogens is 160 g/mol. The lowest BCUT2D eigenvalue weighted by atomic mass is 9.78. The van der Waals surface area contributed by atoms with Crippen LogP contribution in [0.3, 0.4) is 0 Å². The Morgan fingerprint density at radius 2 is 1.85 bits per heavy atom. The Hall–Kier alpha value is -0.0400. The van der Waals surface area contributed by atoms with Crippen LogP contribution in [0.5, 0.6) is 0 Å². The van der Waals surface area contributed by atoms with E-state index in [0.717, 1.165) is 12.8 Å². The second-order valence-corrected chi connectivity index (χ2v) is 5.04. The molecule has 1 saturated carbocycles. The predicted octanol–water partition coefficient (Wildman–Crippen LogP) is 3.36. The van der Waals surface area contributed by atoms with Crippen molar-refractivity contribution in [1.29, 1.82) is 0 Å². The molecule has 0 radical (unpaired) electrons. The third-order valence-electron chi connectivity index (χ3n) is 3.49. The molecule has 0 bridgehead atoms. The van der Waals surface area contributed by atoms with Crippen molar-refractivity contribution < 1.29 is 5.11 Å².